The van der Waals surface area contributed by atoms with Crippen LogP contribution in [0.2, 0.25) is 0 Å². The molecule has 4 aromatic rings. The molecule has 0 fully saturated rings. The van der Waals surface area contributed by atoms with Crippen molar-refractivity contribution in [2.75, 3.05) is 5.32 Å². The molecule has 1 aromatic heterocycles. The molecule has 2 atom stereocenters. The maximum Gasteiger partial charge on any atom is 0.326 e. The Morgan fingerprint density at radius 2 is 1.68 bits per heavy atom. The van der Waals surface area contributed by atoms with E-state index in [2.05, 4.69) is 20.6 Å². The van der Waals surface area contributed by atoms with Crippen molar-refractivity contribution < 1.29 is 24.2 Å². The second kappa shape index (κ2) is 13.7. The molecule has 10 nitrogen and oxygen atoms in total. The molecule has 10 heteroatoms. The first-order valence-electron chi connectivity index (χ1n) is 12.8. The zero-order valence-electron chi connectivity index (χ0n) is 21.7. The average Bonchev–Trinajstić information content (AvgIpc) is 3.48. The minimum Gasteiger partial charge on any atom is -0.487 e. The number of carboxylic acids is 1. The van der Waals surface area contributed by atoms with Crippen molar-refractivity contribution in [1.82, 2.24) is 15.3 Å². The van der Waals surface area contributed by atoms with Crippen LogP contribution in [-0.4, -0.2) is 44.9 Å². The number of aromatic amines is 1. The molecule has 2 amide bonds. The third-order valence-electron chi connectivity index (χ3n) is 6.24. The largest absolute Gasteiger partial charge is 0.487 e. The number of rotatable bonds is 13. The van der Waals surface area contributed by atoms with E-state index >= 15 is 0 Å². The molecule has 0 spiro atoms. The van der Waals surface area contributed by atoms with E-state index in [9.17, 15) is 19.5 Å². The van der Waals surface area contributed by atoms with Crippen LogP contribution in [0.4, 0.5) is 5.69 Å². The summed E-state index contributed by atoms with van der Waals surface area (Å²) in [7, 11) is 0. The van der Waals surface area contributed by atoms with Gasteiger partial charge in [0.15, 0.2) is 0 Å². The van der Waals surface area contributed by atoms with Crippen molar-refractivity contribution in [2.45, 2.75) is 38.0 Å². The van der Waals surface area contributed by atoms with Crippen LogP contribution in [0.3, 0.4) is 0 Å². The van der Waals surface area contributed by atoms with Gasteiger partial charge in [0.2, 0.25) is 5.91 Å². The number of aryl methyl sites for hydroxylation is 1. The summed E-state index contributed by atoms with van der Waals surface area (Å²) >= 11 is 0. The lowest BCUT2D eigenvalue weighted by molar-refractivity contribution is -0.139. The number of ether oxygens (including phenoxy) is 1. The quantitative estimate of drug-likeness (QED) is 0.174. The monoisotopic (exact) mass is 541 g/mol. The summed E-state index contributed by atoms with van der Waals surface area (Å²) in [4.78, 5) is 44.6. The topological polar surface area (TPSA) is 159 Å². The van der Waals surface area contributed by atoms with Crippen LogP contribution in [0.25, 0.3) is 0 Å². The number of H-pyrrole nitrogens is 1. The molecule has 0 aliphatic carbocycles. The van der Waals surface area contributed by atoms with Crippen LogP contribution in [0.1, 0.15) is 33.6 Å². The Hall–Kier alpha value is -4.96. The Morgan fingerprint density at radius 1 is 0.975 bits per heavy atom. The number of imidazole rings is 1. The van der Waals surface area contributed by atoms with Crippen molar-refractivity contribution in [2.24, 2.45) is 5.73 Å². The van der Waals surface area contributed by atoms with E-state index in [0.29, 0.717) is 12.1 Å². The third-order valence-corrected chi connectivity index (χ3v) is 6.24. The number of carbonyl (C=O) groups excluding carboxylic acids is 2. The van der Waals surface area contributed by atoms with Crippen molar-refractivity contribution in [3.05, 3.63) is 114 Å². The Balaban J connectivity index is 1.49. The summed E-state index contributed by atoms with van der Waals surface area (Å²) < 4.78 is 5.99. The van der Waals surface area contributed by atoms with Gasteiger partial charge in [-0.15, -0.1) is 0 Å². The van der Waals surface area contributed by atoms with Gasteiger partial charge >= 0.3 is 5.97 Å². The lowest BCUT2D eigenvalue weighted by Crippen LogP contribution is -2.41. The van der Waals surface area contributed by atoms with Gasteiger partial charge in [0, 0.05) is 23.9 Å². The number of aromatic nitrogens is 2. The molecule has 4 rings (SSSR count). The third kappa shape index (κ3) is 8.02. The summed E-state index contributed by atoms with van der Waals surface area (Å²) in [6, 6.07) is 21.5. The highest BCUT2D eigenvalue weighted by Gasteiger charge is 2.22. The number of benzene rings is 3. The van der Waals surface area contributed by atoms with Crippen LogP contribution in [0.15, 0.2) is 91.4 Å². The fourth-order valence-electron chi connectivity index (χ4n) is 4.03. The Labute approximate surface area is 231 Å². The molecule has 0 aliphatic rings. The first-order chi connectivity index (χ1) is 19.4. The number of nitrogens with zero attached hydrogens (tertiary/aromatic N) is 1. The van der Waals surface area contributed by atoms with Gasteiger partial charge in [-0.2, -0.15) is 0 Å². The number of nitrogens with one attached hydrogen (secondary N) is 3. The number of carboxylic acid groups (broad SMARTS) is 1. The van der Waals surface area contributed by atoms with Crippen LogP contribution in [-0.2, 0) is 29.0 Å². The highest BCUT2D eigenvalue weighted by Crippen LogP contribution is 2.27. The van der Waals surface area contributed by atoms with Gasteiger partial charge in [0.05, 0.1) is 18.1 Å². The molecule has 40 heavy (non-hydrogen) atoms. The number of anilines is 1. The minimum absolute atomic E-state index is 0.184. The standard InChI is InChI=1S/C30H31N5O5/c31-24(16-23-17-32-19-33-23)29(37)34-25-14-12-22(15-27(25)40-18-21-9-5-2-6-10-21)28(36)35-26(30(38)39)13-11-20-7-3-1-4-8-20/h1-10,12,14-15,17,19,24,26H,11,13,16,18,31H2,(H,32,33)(H,34,37)(H,35,36)(H,38,39)/t24-,26-/m0/s1. The van der Waals surface area contributed by atoms with Gasteiger partial charge < -0.3 is 31.2 Å². The summed E-state index contributed by atoms with van der Waals surface area (Å²) in [5.74, 6) is -1.89. The Morgan fingerprint density at radius 3 is 2.33 bits per heavy atom. The first-order valence-corrected chi connectivity index (χ1v) is 12.8. The molecule has 1 heterocycles. The number of amides is 2. The lowest BCUT2D eigenvalue weighted by atomic mass is 10.0. The highest BCUT2D eigenvalue weighted by molar-refractivity contribution is 5.99. The molecule has 0 unspecified atom stereocenters. The van der Waals surface area contributed by atoms with E-state index in [1.807, 2.05) is 60.7 Å². The lowest BCUT2D eigenvalue weighted by Gasteiger charge is -2.18. The summed E-state index contributed by atoms with van der Waals surface area (Å²) in [5, 5.41) is 15.1. The number of hydrogen-bond acceptors (Lipinski definition) is 6. The van der Waals surface area contributed by atoms with Crippen molar-refractivity contribution in [1.29, 1.82) is 0 Å². The molecular formula is C30H31N5O5. The van der Waals surface area contributed by atoms with E-state index in [0.717, 1.165) is 16.8 Å². The predicted molar refractivity (Wildman–Crippen MR) is 150 cm³/mol. The zero-order valence-corrected chi connectivity index (χ0v) is 21.7. The maximum absolute atomic E-state index is 13.1. The SMILES string of the molecule is N[C@@H](Cc1cnc[nH]1)C(=O)Nc1ccc(C(=O)N[C@@H](CCc2ccccc2)C(=O)O)cc1OCc1ccccc1. The van der Waals surface area contributed by atoms with E-state index < -0.39 is 29.9 Å². The van der Waals surface area contributed by atoms with Crippen molar-refractivity contribution in [3.63, 3.8) is 0 Å². The first kappa shape index (κ1) is 28.1. The second-order valence-corrected chi connectivity index (χ2v) is 9.25. The van der Waals surface area contributed by atoms with E-state index in [1.54, 1.807) is 6.20 Å². The van der Waals surface area contributed by atoms with Crippen molar-refractivity contribution in [3.8, 4) is 5.75 Å². The van der Waals surface area contributed by atoms with E-state index in [1.165, 1.54) is 24.5 Å². The molecule has 0 radical (unpaired) electrons. The van der Waals surface area contributed by atoms with E-state index in [-0.39, 0.29) is 30.8 Å². The van der Waals surface area contributed by atoms with Crippen LogP contribution in [0, 0.1) is 0 Å². The fourth-order valence-corrected chi connectivity index (χ4v) is 4.03. The fraction of sp³-hybridized carbons (Fsp3) is 0.200. The number of hydrogen-bond donors (Lipinski definition) is 5. The average molecular weight is 542 g/mol. The molecule has 3 aromatic carbocycles. The van der Waals surface area contributed by atoms with Crippen LogP contribution < -0.4 is 21.1 Å². The van der Waals surface area contributed by atoms with Gasteiger partial charge in [0.1, 0.15) is 18.4 Å². The van der Waals surface area contributed by atoms with E-state index in [4.69, 9.17) is 10.5 Å². The van der Waals surface area contributed by atoms with Crippen LogP contribution in [0.5, 0.6) is 5.75 Å². The zero-order chi connectivity index (χ0) is 28.3. The molecule has 6 N–H and O–H groups in total. The molecule has 0 saturated carbocycles. The molecule has 206 valence electrons. The molecule has 0 saturated heterocycles. The Kier molecular flexibility index (Phi) is 9.62. The molecular weight excluding hydrogens is 510 g/mol. The van der Waals surface area contributed by atoms with Gasteiger partial charge in [-0.1, -0.05) is 60.7 Å². The van der Waals surface area contributed by atoms with Gasteiger partial charge in [0.25, 0.3) is 5.91 Å². The highest BCUT2D eigenvalue weighted by atomic mass is 16.5. The summed E-state index contributed by atoms with van der Waals surface area (Å²) in [5.41, 5.74) is 9.18. The van der Waals surface area contributed by atoms with Gasteiger partial charge in [-0.25, -0.2) is 9.78 Å². The molecule has 0 aliphatic heterocycles. The number of carbonyl (C=O) groups is 3. The van der Waals surface area contributed by atoms with Gasteiger partial charge in [-0.3, -0.25) is 9.59 Å². The van der Waals surface area contributed by atoms with Crippen LogP contribution >= 0.6 is 0 Å². The normalized spacial score (nSPS) is 12.2. The summed E-state index contributed by atoms with van der Waals surface area (Å²) in [6.45, 7) is 0.184. The van der Waals surface area contributed by atoms with Crippen molar-refractivity contribution >= 4 is 23.5 Å². The second-order valence-electron chi connectivity index (χ2n) is 9.25. The molecule has 0 bridgehead atoms. The smallest absolute Gasteiger partial charge is 0.326 e. The maximum atomic E-state index is 13.1. The van der Waals surface area contributed by atoms with Gasteiger partial charge in [-0.05, 0) is 42.2 Å². The predicted octanol–water partition coefficient (Wildman–Crippen LogP) is 3.31. The summed E-state index contributed by atoms with van der Waals surface area (Å²) in [6.07, 6.45) is 4.08. The Bertz CT molecular complexity index is 1410. The minimum atomic E-state index is -1.13. The number of nitrogens with two attached hydrogens (primary N) is 1. The number of aliphatic carboxylic acids is 1.